The van der Waals surface area contributed by atoms with Crippen molar-refractivity contribution in [2.24, 2.45) is 0 Å². The van der Waals surface area contributed by atoms with Crippen molar-refractivity contribution in [2.45, 2.75) is 20.0 Å². The lowest BCUT2D eigenvalue weighted by Crippen LogP contribution is -2.39. The van der Waals surface area contributed by atoms with Crippen molar-refractivity contribution in [3.8, 4) is 0 Å². The van der Waals surface area contributed by atoms with Gasteiger partial charge < -0.3 is 9.64 Å². The number of halogens is 1. The Morgan fingerprint density at radius 2 is 1.95 bits per heavy atom. The van der Waals surface area contributed by atoms with Gasteiger partial charge in [0.1, 0.15) is 17.7 Å². The molecule has 0 saturated carbocycles. The van der Waals surface area contributed by atoms with Gasteiger partial charge in [0.05, 0.1) is 6.61 Å². The minimum atomic E-state index is 0.0856. The van der Waals surface area contributed by atoms with E-state index >= 15 is 0 Å². The fourth-order valence-corrected chi connectivity index (χ4v) is 2.86. The Hall–Kier alpha value is -1.46. The van der Waals surface area contributed by atoms with Crippen molar-refractivity contribution >= 4 is 21.7 Å². The third kappa shape index (κ3) is 3.41. The van der Waals surface area contributed by atoms with Gasteiger partial charge in [-0.25, -0.2) is 9.97 Å². The largest absolute Gasteiger partial charge is 0.370 e. The standard InChI is InChI=1S/C16H18BrN3O/c1-11-9-16(19-12(2)18-11)20-7-8-21-15(10-20)13-3-5-14(17)6-4-13/h3-6,9,15H,7-8,10H2,1-2H3. The molecule has 0 radical (unpaired) electrons. The normalized spacial score (nSPS) is 18.8. The lowest BCUT2D eigenvalue weighted by molar-refractivity contribution is 0.0395. The average molecular weight is 348 g/mol. The van der Waals surface area contributed by atoms with E-state index in [0.29, 0.717) is 6.61 Å². The Morgan fingerprint density at radius 3 is 2.67 bits per heavy atom. The number of hydrogen-bond donors (Lipinski definition) is 0. The highest BCUT2D eigenvalue weighted by Crippen LogP contribution is 2.26. The van der Waals surface area contributed by atoms with Crippen LogP contribution in [0.25, 0.3) is 0 Å². The molecule has 5 heteroatoms. The molecule has 3 rings (SSSR count). The average Bonchev–Trinajstić information content (AvgIpc) is 2.47. The van der Waals surface area contributed by atoms with E-state index in [1.807, 2.05) is 19.9 Å². The summed E-state index contributed by atoms with van der Waals surface area (Å²) in [7, 11) is 0. The van der Waals surface area contributed by atoms with E-state index in [1.54, 1.807) is 0 Å². The van der Waals surface area contributed by atoms with Gasteiger partial charge in [0.25, 0.3) is 0 Å². The van der Waals surface area contributed by atoms with Crippen LogP contribution in [0.2, 0.25) is 0 Å². The van der Waals surface area contributed by atoms with Crippen LogP contribution in [-0.2, 0) is 4.74 Å². The van der Waals surface area contributed by atoms with Crippen molar-refractivity contribution in [3.05, 3.63) is 51.9 Å². The number of anilines is 1. The number of hydrogen-bond acceptors (Lipinski definition) is 4. The predicted octanol–water partition coefficient (Wildman–Crippen LogP) is 3.43. The zero-order valence-corrected chi connectivity index (χ0v) is 13.8. The molecule has 0 N–H and O–H groups in total. The first-order valence-electron chi connectivity index (χ1n) is 7.06. The van der Waals surface area contributed by atoms with Crippen molar-refractivity contribution in [1.29, 1.82) is 0 Å². The van der Waals surface area contributed by atoms with Gasteiger partial charge in [0.2, 0.25) is 0 Å². The Morgan fingerprint density at radius 1 is 1.19 bits per heavy atom. The molecule has 4 nitrogen and oxygen atoms in total. The molecule has 1 saturated heterocycles. The minimum Gasteiger partial charge on any atom is -0.370 e. The summed E-state index contributed by atoms with van der Waals surface area (Å²) in [6.45, 7) is 6.33. The van der Waals surface area contributed by atoms with E-state index < -0.39 is 0 Å². The van der Waals surface area contributed by atoms with Crippen LogP contribution in [0.5, 0.6) is 0 Å². The summed E-state index contributed by atoms with van der Waals surface area (Å²) in [5, 5.41) is 0. The molecule has 21 heavy (non-hydrogen) atoms. The van der Waals surface area contributed by atoms with Gasteiger partial charge in [0.15, 0.2) is 0 Å². The number of nitrogens with zero attached hydrogens (tertiary/aromatic N) is 3. The maximum atomic E-state index is 5.92. The second-order valence-electron chi connectivity index (χ2n) is 5.27. The number of aromatic nitrogens is 2. The summed E-state index contributed by atoms with van der Waals surface area (Å²) in [5.41, 5.74) is 2.20. The molecular formula is C16H18BrN3O. The molecule has 0 spiro atoms. The first-order chi connectivity index (χ1) is 10.1. The molecule has 1 fully saturated rings. The second-order valence-corrected chi connectivity index (χ2v) is 6.19. The molecule has 1 aliphatic rings. The topological polar surface area (TPSA) is 38.2 Å². The number of ether oxygens (including phenoxy) is 1. The molecular weight excluding hydrogens is 330 g/mol. The van der Waals surface area contributed by atoms with Gasteiger partial charge in [0, 0.05) is 29.3 Å². The van der Waals surface area contributed by atoms with Crippen molar-refractivity contribution < 1.29 is 4.74 Å². The molecule has 2 heterocycles. The van der Waals surface area contributed by atoms with Crippen LogP contribution in [0.15, 0.2) is 34.8 Å². The van der Waals surface area contributed by atoms with Crippen LogP contribution in [0.4, 0.5) is 5.82 Å². The molecule has 0 aliphatic carbocycles. The first-order valence-corrected chi connectivity index (χ1v) is 7.85. The van der Waals surface area contributed by atoms with Crippen LogP contribution in [0, 0.1) is 13.8 Å². The molecule has 1 aromatic carbocycles. The number of aryl methyl sites for hydroxylation is 2. The Balaban J connectivity index is 1.80. The lowest BCUT2D eigenvalue weighted by Gasteiger charge is -2.34. The number of morpholine rings is 1. The summed E-state index contributed by atoms with van der Waals surface area (Å²) in [6.07, 6.45) is 0.0856. The highest BCUT2D eigenvalue weighted by atomic mass is 79.9. The van der Waals surface area contributed by atoms with Crippen LogP contribution < -0.4 is 4.90 Å². The summed E-state index contributed by atoms with van der Waals surface area (Å²) in [6, 6.07) is 10.4. The number of rotatable bonds is 2. The molecule has 1 atom stereocenters. The lowest BCUT2D eigenvalue weighted by atomic mass is 10.1. The van der Waals surface area contributed by atoms with Crippen LogP contribution in [0.1, 0.15) is 23.2 Å². The van der Waals surface area contributed by atoms with Crippen LogP contribution in [0.3, 0.4) is 0 Å². The summed E-state index contributed by atoms with van der Waals surface area (Å²) < 4.78 is 7.00. The summed E-state index contributed by atoms with van der Waals surface area (Å²) in [4.78, 5) is 11.2. The zero-order chi connectivity index (χ0) is 14.8. The molecule has 110 valence electrons. The number of benzene rings is 1. The van der Waals surface area contributed by atoms with Crippen LogP contribution in [-0.4, -0.2) is 29.7 Å². The fraction of sp³-hybridized carbons (Fsp3) is 0.375. The first kappa shape index (κ1) is 14.5. The summed E-state index contributed by atoms with van der Waals surface area (Å²) >= 11 is 3.47. The third-order valence-corrected chi connectivity index (χ3v) is 4.11. The third-order valence-electron chi connectivity index (χ3n) is 3.58. The van der Waals surface area contributed by atoms with Crippen molar-refractivity contribution in [3.63, 3.8) is 0 Å². The molecule has 2 aromatic rings. The quantitative estimate of drug-likeness (QED) is 0.834. The smallest absolute Gasteiger partial charge is 0.132 e. The van der Waals surface area contributed by atoms with Crippen molar-refractivity contribution in [1.82, 2.24) is 9.97 Å². The van der Waals surface area contributed by atoms with E-state index in [2.05, 4.69) is 55.1 Å². The molecule has 0 bridgehead atoms. The summed E-state index contributed by atoms with van der Waals surface area (Å²) in [5.74, 6) is 1.81. The fourth-order valence-electron chi connectivity index (χ4n) is 2.60. The highest BCUT2D eigenvalue weighted by molar-refractivity contribution is 9.10. The Kier molecular flexibility index (Phi) is 4.22. The minimum absolute atomic E-state index is 0.0856. The van der Waals surface area contributed by atoms with Crippen molar-refractivity contribution in [2.75, 3.05) is 24.6 Å². The molecule has 0 amide bonds. The molecule has 1 aliphatic heterocycles. The maximum Gasteiger partial charge on any atom is 0.132 e. The van der Waals surface area contributed by atoms with Gasteiger partial charge >= 0.3 is 0 Å². The van der Waals surface area contributed by atoms with Gasteiger partial charge in [-0.2, -0.15) is 0 Å². The van der Waals surface area contributed by atoms with Gasteiger partial charge in [-0.15, -0.1) is 0 Å². The van der Waals surface area contributed by atoms with Crippen LogP contribution >= 0.6 is 15.9 Å². The monoisotopic (exact) mass is 347 g/mol. The van der Waals surface area contributed by atoms with Gasteiger partial charge in [-0.1, -0.05) is 28.1 Å². The Labute approximate surface area is 133 Å². The van der Waals surface area contributed by atoms with E-state index in [4.69, 9.17) is 4.74 Å². The predicted molar refractivity (Wildman–Crippen MR) is 86.6 cm³/mol. The second kappa shape index (κ2) is 6.12. The van der Waals surface area contributed by atoms with Gasteiger partial charge in [-0.05, 0) is 31.5 Å². The SMILES string of the molecule is Cc1cc(N2CCOC(c3ccc(Br)cc3)C2)nc(C)n1. The highest BCUT2D eigenvalue weighted by Gasteiger charge is 2.23. The molecule has 1 aromatic heterocycles. The van der Waals surface area contributed by atoms with Gasteiger partial charge in [-0.3, -0.25) is 0 Å². The van der Waals surface area contributed by atoms with E-state index in [0.717, 1.165) is 34.9 Å². The van der Waals surface area contributed by atoms with E-state index in [9.17, 15) is 0 Å². The van der Waals surface area contributed by atoms with E-state index in [-0.39, 0.29) is 6.10 Å². The molecule has 1 unspecified atom stereocenters. The zero-order valence-electron chi connectivity index (χ0n) is 12.2. The maximum absolute atomic E-state index is 5.92. The Bertz CT molecular complexity index is 610. The van der Waals surface area contributed by atoms with E-state index in [1.165, 1.54) is 5.56 Å².